The number of amides is 1. The highest BCUT2D eigenvalue weighted by Crippen LogP contribution is 2.43. The molecular formula is C33H48ClN3O3S. The predicted octanol–water partition coefficient (Wildman–Crippen LogP) is 6.68. The Kier molecular flexibility index (Phi) is 10.6. The Hall–Kier alpha value is -1.93. The fourth-order valence-corrected chi connectivity index (χ4v) is 9.36. The van der Waals surface area contributed by atoms with E-state index in [0.29, 0.717) is 40.9 Å². The summed E-state index contributed by atoms with van der Waals surface area (Å²) in [5.74, 6) is 0.552. The third-order valence-corrected chi connectivity index (χ3v) is 12.2. The van der Waals surface area contributed by atoms with Crippen molar-refractivity contribution in [2.24, 2.45) is 11.8 Å². The van der Waals surface area contributed by atoms with Gasteiger partial charge in [-0.25, -0.2) is 8.42 Å². The van der Waals surface area contributed by atoms with E-state index < -0.39 is 10.0 Å². The normalized spacial score (nSPS) is 24.8. The van der Waals surface area contributed by atoms with Crippen LogP contribution in [0.1, 0.15) is 81.4 Å². The molecule has 226 valence electrons. The maximum atomic E-state index is 13.8. The highest BCUT2D eigenvalue weighted by atomic mass is 35.5. The molecule has 41 heavy (non-hydrogen) atoms. The molecule has 2 aromatic carbocycles. The summed E-state index contributed by atoms with van der Waals surface area (Å²) in [6.45, 7) is 6.80. The van der Waals surface area contributed by atoms with E-state index in [2.05, 4.69) is 54.6 Å². The van der Waals surface area contributed by atoms with E-state index in [0.717, 1.165) is 56.9 Å². The minimum absolute atomic E-state index is 0.0154. The molecule has 1 aliphatic heterocycles. The number of carbonyl (C=O) groups is 1. The monoisotopic (exact) mass is 601 g/mol. The Balaban J connectivity index is 1.30. The number of piperidine rings is 1. The first-order chi connectivity index (χ1) is 19.5. The van der Waals surface area contributed by atoms with Gasteiger partial charge in [-0.15, -0.1) is 0 Å². The fourth-order valence-electron chi connectivity index (χ4n) is 7.06. The van der Waals surface area contributed by atoms with Crippen LogP contribution in [-0.4, -0.2) is 56.8 Å². The van der Waals surface area contributed by atoms with Crippen LogP contribution in [-0.2, 0) is 20.4 Å². The van der Waals surface area contributed by atoms with E-state index in [4.69, 9.17) is 11.6 Å². The van der Waals surface area contributed by atoms with Gasteiger partial charge in [0.1, 0.15) is 0 Å². The number of rotatable bonds is 10. The van der Waals surface area contributed by atoms with Gasteiger partial charge in [-0.05, 0) is 114 Å². The molecule has 1 amide bonds. The molecule has 0 spiro atoms. The zero-order chi connectivity index (χ0) is 29.8. The van der Waals surface area contributed by atoms with Crippen molar-refractivity contribution in [3.8, 4) is 0 Å². The fraction of sp³-hybridized carbons (Fsp3) is 0.606. The summed E-state index contributed by atoms with van der Waals surface area (Å²) in [5.41, 5.74) is 2.89. The highest BCUT2D eigenvalue weighted by Gasteiger charge is 2.39. The molecule has 2 aromatic rings. The van der Waals surface area contributed by atoms with Gasteiger partial charge in [0.15, 0.2) is 0 Å². The third-order valence-electron chi connectivity index (χ3n) is 9.68. The Morgan fingerprint density at radius 3 is 2.41 bits per heavy atom. The molecule has 1 heterocycles. The van der Waals surface area contributed by atoms with Crippen molar-refractivity contribution in [2.45, 2.75) is 95.0 Å². The van der Waals surface area contributed by atoms with Crippen LogP contribution in [0.5, 0.6) is 0 Å². The summed E-state index contributed by atoms with van der Waals surface area (Å²) in [6, 6.07) is 14.1. The lowest BCUT2D eigenvalue weighted by Crippen LogP contribution is -2.48. The summed E-state index contributed by atoms with van der Waals surface area (Å²) in [4.78, 5) is 15.7. The largest absolute Gasteiger partial charge is 0.356 e. The highest BCUT2D eigenvalue weighted by molar-refractivity contribution is 7.89. The van der Waals surface area contributed by atoms with Crippen molar-refractivity contribution in [3.63, 3.8) is 0 Å². The van der Waals surface area contributed by atoms with Crippen molar-refractivity contribution < 1.29 is 13.2 Å². The van der Waals surface area contributed by atoms with E-state index in [9.17, 15) is 13.2 Å². The number of halogens is 1. The van der Waals surface area contributed by atoms with Gasteiger partial charge < -0.3 is 5.32 Å². The molecule has 6 nitrogen and oxygen atoms in total. The average molecular weight is 602 g/mol. The van der Waals surface area contributed by atoms with Gasteiger partial charge in [0.05, 0.1) is 4.90 Å². The van der Waals surface area contributed by atoms with Gasteiger partial charge in [0, 0.05) is 36.1 Å². The number of carbonyl (C=O) groups excluding carboxylic acids is 1. The topological polar surface area (TPSA) is 69.7 Å². The summed E-state index contributed by atoms with van der Waals surface area (Å²) >= 11 is 6.24. The molecule has 1 N–H and O–H groups in total. The smallest absolute Gasteiger partial charge is 0.243 e. The molecule has 2 fully saturated rings. The van der Waals surface area contributed by atoms with Crippen molar-refractivity contribution in [1.82, 2.24) is 14.5 Å². The van der Waals surface area contributed by atoms with Crippen LogP contribution >= 0.6 is 11.6 Å². The average Bonchev–Trinajstić information content (AvgIpc) is 2.95. The standard InChI is InChI=1S/C33H48ClN3O3S/c1-24-22-31(26(3)21-29(24)34)41(39,40)37-20-10-9-13-30(37)25(2)23-32(38)35-19-16-27-14-17-33(18-15-27,36(4)5)28-11-7-6-8-12-28/h6-8,11-12,21-22,25,27,30H,9-10,13-20,23H2,1-5H3,(H,35,38). The minimum atomic E-state index is -3.69. The van der Waals surface area contributed by atoms with Gasteiger partial charge >= 0.3 is 0 Å². The number of hydrogen-bond acceptors (Lipinski definition) is 4. The lowest BCUT2D eigenvalue weighted by Gasteiger charge is -2.45. The van der Waals surface area contributed by atoms with E-state index in [1.807, 2.05) is 13.8 Å². The Morgan fingerprint density at radius 2 is 1.76 bits per heavy atom. The second-order valence-corrected chi connectivity index (χ2v) is 14.9. The minimum Gasteiger partial charge on any atom is -0.356 e. The second kappa shape index (κ2) is 13.6. The maximum absolute atomic E-state index is 13.8. The van der Waals surface area contributed by atoms with Gasteiger partial charge in [0.2, 0.25) is 15.9 Å². The summed E-state index contributed by atoms with van der Waals surface area (Å²) < 4.78 is 29.2. The van der Waals surface area contributed by atoms with Crippen LogP contribution in [0, 0.1) is 25.7 Å². The molecule has 2 atom stereocenters. The molecule has 4 rings (SSSR count). The molecule has 1 saturated carbocycles. The SMILES string of the molecule is Cc1cc(S(=O)(=O)N2CCCCC2C(C)CC(=O)NCCC2CCC(c3ccccc3)(N(C)C)CC2)c(C)cc1Cl. The predicted molar refractivity (Wildman–Crippen MR) is 168 cm³/mol. The van der Waals surface area contributed by atoms with E-state index in [1.165, 1.54) is 5.56 Å². The van der Waals surface area contributed by atoms with Crippen molar-refractivity contribution in [1.29, 1.82) is 0 Å². The zero-order valence-corrected chi connectivity index (χ0v) is 27.0. The first kappa shape index (κ1) is 32.0. The quantitative estimate of drug-likeness (QED) is 0.330. The summed E-state index contributed by atoms with van der Waals surface area (Å²) in [5, 5.41) is 3.72. The molecule has 1 aliphatic carbocycles. The molecule has 0 radical (unpaired) electrons. The Labute approximate surface area is 252 Å². The zero-order valence-electron chi connectivity index (χ0n) is 25.5. The number of benzene rings is 2. The molecule has 2 aliphatic rings. The molecule has 0 aromatic heterocycles. The maximum Gasteiger partial charge on any atom is 0.243 e. The van der Waals surface area contributed by atoms with Gasteiger partial charge in [-0.3, -0.25) is 9.69 Å². The van der Waals surface area contributed by atoms with Crippen LogP contribution in [0.25, 0.3) is 0 Å². The molecule has 2 unspecified atom stereocenters. The van der Waals surface area contributed by atoms with Crippen molar-refractivity contribution >= 4 is 27.5 Å². The molecule has 1 saturated heterocycles. The number of sulfonamides is 1. The van der Waals surface area contributed by atoms with Crippen LogP contribution in [0.15, 0.2) is 47.4 Å². The van der Waals surface area contributed by atoms with Crippen LogP contribution in [0.3, 0.4) is 0 Å². The van der Waals surface area contributed by atoms with Crippen LogP contribution in [0.2, 0.25) is 5.02 Å². The first-order valence-corrected chi connectivity index (χ1v) is 17.1. The van der Waals surface area contributed by atoms with Gasteiger partial charge in [-0.1, -0.05) is 55.3 Å². The lowest BCUT2D eigenvalue weighted by molar-refractivity contribution is -0.122. The van der Waals surface area contributed by atoms with E-state index in [1.54, 1.807) is 23.4 Å². The third kappa shape index (κ3) is 7.18. The summed E-state index contributed by atoms with van der Waals surface area (Å²) in [6.07, 6.45) is 8.44. The Morgan fingerprint density at radius 1 is 1.07 bits per heavy atom. The number of nitrogens with zero attached hydrogens (tertiary/aromatic N) is 2. The van der Waals surface area contributed by atoms with E-state index in [-0.39, 0.29) is 23.4 Å². The number of hydrogen-bond donors (Lipinski definition) is 1. The number of nitrogens with one attached hydrogen (secondary N) is 1. The first-order valence-electron chi connectivity index (χ1n) is 15.2. The van der Waals surface area contributed by atoms with Crippen LogP contribution in [0.4, 0.5) is 0 Å². The molecular weight excluding hydrogens is 554 g/mol. The Bertz CT molecular complexity index is 1290. The van der Waals surface area contributed by atoms with Crippen molar-refractivity contribution in [3.05, 3.63) is 64.2 Å². The van der Waals surface area contributed by atoms with Gasteiger partial charge in [0.25, 0.3) is 0 Å². The molecule has 0 bridgehead atoms. The lowest BCUT2D eigenvalue weighted by atomic mass is 9.71. The van der Waals surface area contributed by atoms with Gasteiger partial charge in [-0.2, -0.15) is 4.31 Å². The summed E-state index contributed by atoms with van der Waals surface area (Å²) in [7, 11) is 0.681. The van der Waals surface area contributed by atoms with Crippen molar-refractivity contribution in [2.75, 3.05) is 27.2 Å². The second-order valence-electron chi connectivity index (χ2n) is 12.6. The number of aryl methyl sites for hydroxylation is 2. The van der Waals surface area contributed by atoms with E-state index >= 15 is 0 Å². The molecule has 8 heteroatoms. The van der Waals surface area contributed by atoms with Crippen LogP contribution < -0.4 is 5.32 Å².